The van der Waals surface area contributed by atoms with Crippen LogP contribution in [-0.2, 0) is 4.79 Å². The third kappa shape index (κ3) is 3.13. The molecule has 112 valence electrons. The van der Waals surface area contributed by atoms with E-state index >= 15 is 0 Å². The van der Waals surface area contributed by atoms with Gasteiger partial charge in [0.25, 0.3) is 0 Å². The maximum Gasteiger partial charge on any atom is 0.306 e. The van der Waals surface area contributed by atoms with Crippen LogP contribution in [0.2, 0.25) is 0 Å². The molecule has 0 amide bonds. The number of fused-ring (bicyclic) bond motifs is 1. The van der Waals surface area contributed by atoms with Crippen LogP contribution in [0, 0.1) is 5.92 Å². The van der Waals surface area contributed by atoms with Gasteiger partial charge < -0.3 is 14.6 Å². The van der Waals surface area contributed by atoms with Crippen molar-refractivity contribution < 1.29 is 24.2 Å². The second-order valence-corrected chi connectivity index (χ2v) is 5.59. The third-order valence-electron chi connectivity index (χ3n) is 3.05. The molecule has 0 spiro atoms. The zero-order chi connectivity index (χ0) is 15.6. The Morgan fingerprint density at radius 2 is 1.90 bits per heavy atom. The molecule has 0 bridgehead atoms. The van der Waals surface area contributed by atoms with Crippen LogP contribution in [-0.4, -0.2) is 36.1 Å². The lowest BCUT2D eigenvalue weighted by atomic mass is 10.1. The first kappa shape index (κ1) is 15.2. The summed E-state index contributed by atoms with van der Waals surface area (Å²) in [4.78, 5) is 27.1. The summed E-state index contributed by atoms with van der Waals surface area (Å²) in [5.74, 6) is -0.898. The molecule has 1 unspecified atom stereocenters. The molecule has 1 aromatic carbocycles. The highest BCUT2D eigenvalue weighted by molar-refractivity contribution is 7.20. The molecule has 0 saturated carbocycles. The lowest BCUT2D eigenvalue weighted by Gasteiger charge is -2.05. The second-order valence-electron chi connectivity index (χ2n) is 4.56. The molecular formula is C14H15NO5S. The molecule has 7 heteroatoms. The van der Waals surface area contributed by atoms with E-state index in [1.807, 2.05) is 0 Å². The first-order valence-electron chi connectivity index (χ1n) is 6.24. The number of rotatable bonds is 6. The van der Waals surface area contributed by atoms with E-state index in [0.29, 0.717) is 22.0 Å². The van der Waals surface area contributed by atoms with Crippen molar-refractivity contribution >= 4 is 33.3 Å². The van der Waals surface area contributed by atoms with E-state index < -0.39 is 11.9 Å². The van der Waals surface area contributed by atoms with Crippen LogP contribution in [0.5, 0.6) is 11.5 Å². The van der Waals surface area contributed by atoms with E-state index in [1.54, 1.807) is 12.1 Å². The lowest BCUT2D eigenvalue weighted by Crippen LogP contribution is -2.14. The van der Waals surface area contributed by atoms with Gasteiger partial charge in [0, 0.05) is 18.6 Å². The molecule has 2 aromatic rings. The second kappa shape index (κ2) is 6.09. The number of methoxy groups -OCH3 is 2. The fourth-order valence-corrected chi connectivity index (χ4v) is 2.75. The topological polar surface area (TPSA) is 85.7 Å². The number of nitrogens with zero attached hydrogens (tertiary/aromatic N) is 1. The van der Waals surface area contributed by atoms with Crippen molar-refractivity contribution in [3.8, 4) is 11.5 Å². The van der Waals surface area contributed by atoms with E-state index in [0.717, 1.165) is 4.70 Å². The molecule has 1 aromatic heterocycles. The van der Waals surface area contributed by atoms with Gasteiger partial charge in [-0.25, -0.2) is 4.98 Å². The van der Waals surface area contributed by atoms with Gasteiger partial charge in [-0.05, 0) is 0 Å². The fraction of sp³-hybridized carbons (Fsp3) is 0.357. The van der Waals surface area contributed by atoms with Gasteiger partial charge >= 0.3 is 5.97 Å². The summed E-state index contributed by atoms with van der Waals surface area (Å²) in [5.41, 5.74) is 0.629. The molecule has 1 heterocycles. The Morgan fingerprint density at radius 3 is 2.48 bits per heavy atom. The summed E-state index contributed by atoms with van der Waals surface area (Å²) in [6.07, 6.45) is -0.0660. The highest BCUT2D eigenvalue weighted by atomic mass is 32.1. The van der Waals surface area contributed by atoms with Crippen LogP contribution in [0.4, 0.5) is 0 Å². The standard InChI is InChI=1S/C14H15NO5S/c1-7(14(17)18)4-9(16)13-15-8-5-10(19-2)11(20-3)6-12(8)21-13/h5-7H,4H2,1-3H3,(H,17,18). The van der Waals surface area contributed by atoms with Crippen LogP contribution < -0.4 is 9.47 Å². The van der Waals surface area contributed by atoms with E-state index in [-0.39, 0.29) is 12.2 Å². The van der Waals surface area contributed by atoms with Gasteiger partial charge in [-0.15, -0.1) is 11.3 Å². The maximum atomic E-state index is 12.1. The monoisotopic (exact) mass is 309 g/mol. The van der Waals surface area contributed by atoms with Gasteiger partial charge in [0.05, 0.1) is 30.4 Å². The largest absolute Gasteiger partial charge is 0.493 e. The van der Waals surface area contributed by atoms with Crippen molar-refractivity contribution in [3.05, 3.63) is 17.1 Å². The number of aromatic nitrogens is 1. The first-order valence-corrected chi connectivity index (χ1v) is 7.06. The minimum absolute atomic E-state index is 0.0660. The van der Waals surface area contributed by atoms with Crippen molar-refractivity contribution in [1.29, 1.82) is 0 Å². The summed E-state index contributed by atoms with van der Waals surface area (Å²) in [6, 6.07) is 3.45. The number of ketones is 1. The van der Waals surface area contributed by atoms with Crippen LogP contribution >= 0.6 is 11.3 Å². The number of benzene rings is 1. The molecule has 0 saturated heterocycles. The van der Waals surface area contributed by atoms with E-state index in [1.165, 1.54) is 32.5 Å². The zero-order valence-corrected chi connectivity index (χ0v) is 12.7. The Kier molecular flexibility index (Phi) is 4.42. The Labute approximate surface area is 125 Å². The number of hydrogen-bond acceptors (Lipinski definition) is 6. The molecule has 6 nitrogen and oxygen atoms in total. The predicted octanol–water partition coefficient (Wildman–Crippen LogP) is 2.61. The number of carbonyl (C=O) groups excluding carboxylic acids is 1. The third-order valence-corrected chi connectivity index (χ3v) is 4.10. The van der Waals surface area contributed by atoms with Gasteiger partial charge in [-0.2, -0.15) is 0 Å². The van der Waals surface area contributed by atoms with Crippen molar-refractivity contribution in [1.82, 2.24) is 4.98 Å². The minimum atomic E-state index is -0.993. The summed E-state index contributed by atoms with van der Waals surface area (Å²) < 4.78 is 11.2. The van der Waals surface area contributed by atoms with E-state index in [4.69, 9.17) is 14.6 Å². The number of hydrogen-bond donors (Lipinski definition) is 1. The van der Waals surface area contributed by atoms with Crippen LogP contribution in [0.1, 0.15) is 23.1 Å². The SMILES string of the molecule is COc1cc2nc(C(=O)CC(C)C(=O)O)sc2cc1OC. The summed E-state index contributed by atoms with van der Waals surface area (Å²) >= 11 is 1.22. The Balaban J connectivity index is 2.34. The number of aliphatic carboxylic acids is 1. The van der Waals surface area contributed by atoms with Gasteiger partial charge in [0.2, 0.25) is 0 Å². The zero-order valence-electron chi connectivity index (χ0n) is 11.9. The number of carboxylic acids is 1. The minimum Gasteiger partial charge on any atom is -0.493 e. The smallest absolute Gasteiger partial charge is 0.306 e. The van der Waals surface area contributed by atoms with Crippen LogP contribution in [0.25, 0.3) is 10.2 Å². The van der Waals surface area contributed by atoms with Crippen molar-refractivity contribution in [3.63, 3.8) is 0 Å². The molecule has 21 heavy (non-hydrogen) atoms. The number of Topliss-reactive ketones (excluding diaryl/α,β-unsaturated/α-hetero) is 1. The average molecular weight is 309 g/mol. The molecule has 0 radical (unpaired) electrons. The fourth-order valence-electron chi connectivity index (χ4n) is 1.83. The van der Waals surface area contributed by atoms with E-state index in [2.05, 4.69) is 4.98 Å². The molecule has 0 aliphatic heterocycles. The maximum absolute atomic E-state index is 12.1. The van der Waals surface area contributed by atoms with Crippen LogP contribution in [0.15, 0.2) is 12.1 Å². The summed E-state index contributed by atoms with van der Waals surface area (Å²) in [6.45, 7) is 1.50. The number of carbonyl (C=O) groups is 2. The highest BCUT2D eigenvalue weighted by Crippen LogP contribution is 2.35. The van der Waals surface area contributed by atoms with Gasteiger partial charge in [-0.1, -0.05) is 6.92 Å². The van der Waals surface area contributed by atoms with E-state index in [9.17, 15) is 9.59 Å². The average Bonchev–Trinajstić information content (AvgIpc) is 2.88. The van der Waals surface area contributed by atoms with Crippen LogP contribution in [0.3, 0.4) is 0 Å². The quantitative estimate of drug-likeness (QED) is 0.825. The normalized spacial score (nSPS) is 12.1. The summed E-state index contributed by atoms with van der Waals surface area (Å²) in [5, 5.41) is 9.15. The molecule has 0 fully saturated rings. The van der Waals surface area contributed by atoms with Gasteiger partial charge in [0.15, 0.2) is 22.3 Å². The van der Waals surface area contributed by atoms with Crippen molar-refractivity contribution in [2.75, 3.05) is 14.2 Å². The molecule has 2 rings (SSSR count). The van der Waals surface area contributed by atoms with Crippen molar-refractivity contribution in [2.24, 2.45) is 5.92 Å². The molecular weight excluding hydrogens is 294 g/mol. The lowest BCUT2D eigenvalue weighted by molar-refractivity contribution is -0.141. The Morgan fingerprint density at radius 1 is 1.29 bits per heavy atom. The van der Waals surface area contributed by atoms with Crippen molar-refractivity contribution in [2.45, 2.75) is 13.3 Å². The number of thiazole rings is 1. The summed E-state index contributed by atoms with van der Waals surface area (Å²) in [7, 11) is 3.06. The predicted molar refractivity (Wildman–Crippen MR) is 78.5 cm³/mol. The molecule has 0 aliphatic rings. The Bertz CT molecular complexity index is 653. The highest BCUT2D eigenvalue weighted by Gasteiger charge is 2.20. The number of ether oxygens (including phenoxy) is 2. The molecule has 0 aliphatic carbocycles. The number of carboxylic acid groups (broad SMARTS) is 1. The molecule has 1 atom stereocenters. The first-order chi connectivity index (χ1) is 9.96. The van der Waals surface area contributed by atoms with Gasteiger partial charge in [0.1, 0.15) is 0 Å². The molecule has 1 N–H and O–H groups in total. The Hall–Kier alpha value is -2.15. The van der Waals surface area contributed by atoms with Gasteiger partial charge in [-0.3, -0.25) is 9.59 Å².